The van der Waals surface area contributed by atoms with Crippen molar-refractivity contribution in [1.29, 1.82) is 0 Å². The molecule has 188 valence electrons. The number of aromatic amines is 1. The van der Waals surface area contributed by atoms with Crippen LogP contribution in [-0.2, 0) is 19.4 Å². The molecular weight excluding hydrogens is 484 g/mol. The van der Waals surface area contributed by atoms with Gasteiger partial charge in [0.2, 0.25) is 0 Å². The summed E-state index contributed by atoms with van der Waals surface area (Å²) < 4.78 is 7.67. The van der Waals surface area contributed by atoms with Crippen molar-refractivity contribution in [3.8, 4) is 22.9 Å². The summed E-state index contributed by atoms with van der Waals surface area (Å²) in [5, 5.41) is 13.1. The number of aromatic nitrogens is 3. The molecule has 37 heavy (non-hydrogen) atoms. The van der Waals surface area contributed by atoms with Gasteiger partial charge in [-0.3, -0.25) is 9.69 Å². The Labute approximate surface area is 218 Å². The van der Waals surface area contributed by atoms with E-state index in [9.17, 15) is 9.90 Å². The Morgan fingerprint density at radius 3 is 2.59 bits per heavy atom. The zero-order valence-corrected chi connectivity index (χ0v) is 21.5. The van der Waals surface area contributed by atoms with Crippen molar-refractivity contribution >= 4 is 32.6 Å². The number of ether oxygens (including phenoxy) is 1. The van der Waals surface area contributed by atoms with E-state index in [1.165, 1.54) is 35.3 Å². The minimum Gasteiger partial charge on any atom is -0.505 e. The number of aromatic hydroxyl groups is 1. The highest BCUT2D eigenvalue weighted by Gasteiger charge is 2.30. The highest BCUT2D eigenvalue weighted by atomic mass is 32.1. The standard InChI is InChI=1S/C29H28N4O3S/c1-36-21-6-2-17(3-7-21)16-33-24-10-13-37-27(24)26(34)25(29(33)35)28-30-22-14-18-8-11-32(20-4-5-20)12-9-19(18)15-23(22)31-28/h2-3,6-7,10,13-15,20,34H,4-5,8-9,11-12,16H2,1H3,(H,30,31). The molecule has 0 bridgehead atoms. The van der Waals surface area contributed by atoms with Gasteiger partial charge >= 0.3 is 0 Å². The van der Waals surface area contributed by atoms with E-state index in [2.05, 4.69) is 22.0 Å². The van der Waals surface area contributed by atoms with E-state index in [-0.39, 0.29) is 16.9 Å². The molecule has 0 saturated heterocycles. The van der Waals surface area contributed by atoms with Crippen LogP contribution in [0.2, 0.25) is 0 Å². The fourth-order valence-corrected chi connectivity index (χ4v) is 6.45. The highest BCUT2D eigenvalue weighted by molar-refractivity contribution is 7.17. The van der Waals surface area contributed by atoms with E-state index in [0.717, 1.165) is 59.8 Å². The van der Waals surface area contributed by atoms with Crippen molar-refractivity contribution < 1.29 is 9.84 Å². The zero-order valence-electron chi connectivity index (χ0n) is 20.7. The molecule has 2 aromatic carbocycles. The van der Waals surface area contributed by atoms with E-state index >= 15 is 0 Å². The molecule has 1 saturated carbocycles. The Morgan fingerprint density at radius 1 is 1.11 bits per heavy atom. The molecule has 0 unspecified atom stereocenters. The first-order valence-electron chi connectivity index (χ1n) is 12.8. The number of benzene rings is 2. The van der Waals surface area contributed by atoms with Gasteiger partial charge in [0.05, 0.1) is 34.9 Å². The first kappa shape index (κ1) is 22.6. The molecule has 0 atom stereocenters. The van der Waals surface area contributed by atoms with E-state index in [1.54, 1.807) is 11.7 Å². The van der Waals surface area contributed by atoms with Crippen LogP contribution in [0.4, 0.5) is 0 Å². The lowest BCUT2D eigenvalue weighted by atomic mass is 10.0. The molecular formula is C29H28N4O3S. The smallest absolute Gasteiger partial charge is 0.266 e. The number of methoxy groups -OCH3 is 1. The summed E-state index contributed by atoms with van der Waals surface area (Å²) in [5.74, 6) is 1.17. The van der Waals surface area contributed by atoms with Crippen LogP contribution in [0.15, 0.2) is 52.6 Å². The number of hydrogen-bond donors (Lipinski definition) is 2. The molecule has 1 fully saturated rings. The maximum Gasteiger partial charge on any atom is 0.266 e. The van der Waals surface area contributed by atoms with Gasteiger partial charge in [-0.2, -0.15) is 0 Å². The van der Waals surface area contributed by atoms with Crippen molar-refractivity contribution in [3.05, 3.63) is 74.9 Å². The minimum absolute atomic E-state index is 0.0123. The third kappa shape index (κ3) is 3.91. The number of thiophene rings is 1. The summed E-state index contributed by atoms with van der Waals surface area (Å²) >= 11 is 1.42. The lowest BCUT2D eigenvalue weighted by Crippen LogP contribution is -2.28. The number of H-pyrrole nitrogens is 1. The first-order chi connectivity index (χ1) is 18.1. The summed E-state index contributed by atoms with van der Waals surface area (Å²) in [7, 11) is 1.63. The third-order valence-corrected chi connectivity index (χ3v) is 8.70. The molecule has 0 spiro atoms. The second kappa shape index (κ2) is 8.75. The van der Waals surface area contributed by atoms with Gasteiger partial charge in [0.15, 0.2) is 5.75 Å². The van der Waals surface area contributed by atoms with Crippen molar-refractivity contribution in [1.82, 2.24) is 19.4 Å². The molecule has 4 heterocycles. The number of nitrogens with zero attached hydrogens (tertiary/aromatic N) is 3. The largest absolute Gasteiger partial charge is 0.505 e. The van der Waals surface area contributed by atoms with Gasteiger partial charge in [0.1, 0.15) is 17.1 Å². The number of imidazole rings is 1. The average Bonchev–Trinajstić information content (AvgIpc) is 3.54. The SMILES string of the molecule is COc1ccc(Cn2c(=O)c(-c3nc4cc5c(cc4[nH]3)CCN(C3CC3)CC5)c(O)c3sccc32)cc1. The van der Waals surface area contributed by atoms with Crippen molar-refractivity contribution in [3.63, 3.8) is 0 Å². The molecule has 0 radical (unpaired) electrons. The monoisotopic (exact) mass is 512 g/mol. The molecule has 0 amide bonds. The number of rotatable bonds is 5. The van der Waals surface area contributed by atoms with E-state index in [4.69, 9.17) is 9.72 Å². The molecule has 3 aromatic heterocycles. The first-order valence-corrected chi connectivity index (χ1v) is 13.7. The minimum atomic E-state index is -0.264. The maximum absolute atomic E-state index is 13.8. The highest BCUT2D eigenvalue weighted by Crippen LogP contribution is 2.37. The third-order valence-electron chi connectivity index (χ3n) is 7.79. The Morgan fingerprint density at radius 2 is 1.86 bits per heavy atom. The molecule has 8 heteroatoms. The van der Waals surface area contributed by atoms with Crippen LogP contribution in [0.5, 0.6) is 11.5 Å². The topological polar surface area (TPSA) is 83.4 Å². The van der Waals surface area contributed by atoms with Crippen LogP contribution in [0, 0.1) is 0 Å². The van der Waals surface area contributed by atoms with Crippen LogP contribution in [0.25, 0.3) is 32.6 Å². The maximum atomic E-state index is 13.8. The van der Waals surface area contributed by atoms with Crippen LogP contribution in [0.1, 0.15) is 29.5 Å². The summed E-state index contributed by atoms with van der Waals surface area (Å²) in [6.45, 7) is 2.57. The van der Waals surface area contributed by atoms with Gasteiger partial charge in [0, 0.05) is 19.1 Å². The molecule has 2 aliphatic rings. The lowest BCUT2D eigenvalue weighted by Gasteiger charge is -2.18. The number of fused-ring (bicyclic) bond motifs is 3. The van der Waals surface area contributed by atoms with Crippen LogP contribution < -0.4 is 10.3 Å². The Hall–Kier alpha value is -3.62. The predicted octanol–water partition coefficient (Wildman–Crippen LogP) is 4.93. The van der Waals surface area contributed by atoms with Crippen LogP contribution in [-0.4, -0.2) is 50.8 Å². The number of pyridine rings is 1. The number of nitrogens with one attached hydrogen (secondary N) is 1. The fraction of sp³-hybridized carbons (Fsp3) is 0.310. The van der Waals surface area contributed by atoms with E-state index < -0.39 is 0 Å². The summed E-state index contributed by atoms with van der Waals surface area (Å²) in [6, 6.07) is 14.7. The van der Waals surface area contributed by atoms with Gasteiger partial charge in [-0.15, -0.1) is 11.3 Å². The fourth-order valence-electron chi connectivity index (χ4n) is 5.61. The molecule has 2 N–H and O–H groups in total. The summed E-state index contributed by atoms with van der Waals surface area (Å²) in [4.78, 5) is 24.6. The molecule has 7 rings (SSSR count). The van der Waals surface area contributed by atoms with Gasteiger partial charge in [0.25, 0.3) is 5.56 Å². The van der Waals surface area contributed by atoms with Crippen LogP contribution >= 0.6 is 11.3 Å². The van der Waals surface area contributed by atoms with Gasteiger partial charge in [-0.1, -0.05) is 12.1 Å². The molecule has 7 nitrogen and oxygen atoms in total. The molecule has 5 aromatic rings. The lowest BCUT2D eigenvalue weighted by molar-refractivity contribution is 0.277. The Kier molecular flexibility index (Phi) is 5.33. The normalized spacial score (nSPS) is 16.2. The summed E-state index contributed by atoms with van der Waals surface area (Å²) in [6.07, 6.45) is 4.70. The van der Waals surface area contributed by atoms with Crippen molar-refractivity contribution in [2.45, 2.75) is 38.3 Å². The Bertz CT molecular complexity index is 1650. The quantitative estimate of drug-likeness (QED) is 0.349. The average molecular weight is 513 g/mol. The Balaban J connectivity index is 1.30. The molecule has 1 aliphatic carbocycles. The molecule has 1 aliphatic heterocycles. The zero-order chi connectivity index (χ0) is 25.1. The van der Waals surface area contributed by atoms with Crippen molar-refractivity contribution in [2.75, 3.05) is 20.2 Å². The second-order valence-electron chi connectivity index (χ2n) is 10.1. The summed E-state index contributed by atoms with van der Waals surface area (Å²) in [5.41, 5.74) is 6.07. The predicted molar refractivity (Wildman–Crippen MR) is 147 cm³/mol. The second-order valence-corrected chi connectivity index (χ2v) is 11.0. The van der Waals surface area contributed by atoms with Crippen LogP contribution in [0.3, 0.4) is 0 Å². The van der Waals surface area contributed by atoms with Crippen molar-refractivity contribution in [2.24, 2.45) is 0 Å². The van der Waals surface area contributed by atoms with Gasteiger partial charge in [-0.25, -0.2) is 4.98 Å². The number of hydrogen-bond acceptors (Lipinski definition) is 6. The van der Waals surface area contributed by atoms with Gasteiger partial charge < -0.3 is 19.4 Å². The van der Waals surface area contributed by atoms with E-state index in [1.807, 2.05) is 35.7 Å². The van der Waals surface area contributed by atoms with E-state index in [0.29, 0.717) is 17.1 Å². The van der Waals surface area contributed by atoms with Gasteiger partial charge in [-0.05, 0) is 78.1 Å².